The fraction of sp³-hybridized carbons (Fsp3) is 0.0909. The molecule has 0 spiro atoms. The topological polar surface area (TPSA) is 51.2 Å². The van der Waals surface area contributed by atoms with Crippen LogP contribution in [0.25, 0.3) is 41.9 Å². The third kappa shape index (κ3) is 8.41. The van der Waals surface area contributed by atoms with Gasteiger partial charge in [-0.2, -0.15) is 0 Å². The van der Waals surface area contributed by atoms with Crippen molar-refractivity contribution in [1.82, 2.24) is 0 Å². The lowest BCUT2D eigenvalue weighted by molar-refractivity contribution is 0.591. The van der Waals surface area contributed by atoms with Crippen molar-refractivity contribution in [3.8, 4) is 22.3 Å². The van der Waals surface area contributed by atoms with Crippen LogP contribution in [-0.2, 0) is 24.5 Å². The summed E-state index contributed by atoms with van der Waals surface area (Å²) in [5, 5.41) is 7.31. The van der Waals surface area contributed by atoms with Gasteiger partial charge in [0.15, 0.2) is 14.3 Å². The summed E-state index contributed by atoms with van der Waals surface area (Å²) in [6, 6.07) is 74.8. The largest absolute Gasteiger partial charge is 0.418 e. The first kappa shape index (κ1) is 51.6. The van der Waals surface area contributed by atoms with Gasteiger partial charge >= 0.3 is 7.41 Å². The maximum absolute atomic E-state index is 15.4. The molecule has 0 fully saturated rings. The van der Waals surface area contributed by atoms with Gasteiger partial charge < -0.3 is 9.13 Å². The van der Waals surface area contributed by atoms with Gasteiger partial charge in [0.1, 0.15) is 0 Å². The lowest BCUT2D eigenvalue weighted by Gasteiger charge is -2.30. The van der Waals surface area contributed by atoms with Crippen LogP contribution >= 0.6 is 102 Å². The van der Waals surface area contributed by atoms with Crippen molar-refractivity contribution in [2.24, 2.45) is 0 Å². The normalized spacial score (nSPS) is 15.6. The lowest BCUT2D eigenvalue weighted by atomic mass is 9.82. The average molecular weight is 1330 g/mol. The second-order valence-electron chi connectivity index (χ2n) is 20.7. The number of hydrogen-bond donors (Lipinski definition) is 0. The highest BCUT2D eigenvalue weighted by Crippen LogP contribution is 2.57. The number of hydrogen-bond acceptors (Lipinski definition) is 6. The van der Waals surface area contributed by atoms with Crippen LogP contribution in [0.1, 0.15) is 49.9 Å². The Labute approximate surface area is 490 Å². The zero-order valence-electron chi connectivity index (χ0n) is 42.3. The van der Waals surface area contributed by atoms with Crippen molar-refractivity contribution in [2.75, 3.05) is 0 Å². The molecule has 1 aromatic heterocycles. The molecule has 0 saturated heterocycles. The number of benzene rings is 10. The summed E-state index contributed by atoms with van der Waals surface area (Å²) in [6.07, 6.45) is 0. The molecule has 77 heavy (non-hydrogen) atoms. The van der Waals surface area contributed by atoms with E-state index in [1.165, 1.54) is 29.4 Å². The molecule has 2 aliphatic heterocycles. The second-order valence-corrected chi connectivity index (χ2v) is 33.4. The Kier molecular flexibility index (Phi) is 13.2. The smallest absolute Gasteiger partial charge is 0.309 e. The Morgan fingerprint density at radius 1 is 0.377 bits per heavy atom. The maximum Gasteiger partial charge on any atom is 0.418 e. The Balaban J connectivity index is 0.000000143. The van der Waals surface area contributed by atoms with Gasteiger partial charge in [0.2, 0.25) is 10.2 Å². The first-order chi connectivity index (χ1) is 37.2. The summed E-state index contributed by atoms with van der Waals surface area (Å²) < 4.78 is 48.0. The Bertz CT molecular complexity index is 4080. The van der Waals surface area contributed by atoms with Crippen LogP contribution in [0.3, 0.4) is 0 Å². The molecule has 0 N–H and O–H groups in total. The van der Waals surface area contributed by atoms with Crippen molar-refractivity contribution in [3.05, 3.63) is 248 Å². The van der Waals surface area contributed by atoms with Gasteiger partial charge in [-0.3, -0.25) is 0 Å². The maximum atomic E-state index is 15.4. The lowest BCUT2D eigenvalue weighted by Crippen LogP contribution is -2.31. The van der Waals surface area contributed by atoms with Crippen LogP contribution in [0.15, 0.2) is 238 Å². The Morgan fingerprint density at radius 3 is 1.04 bits per heavy atom. The van der Waals surface area contributed by atoms with Gasteiger partial charge in [-0.05, 0) is 199 Å². The summed E-state index contributed by atoms with van der Waals surface area (Å²) in [6.45, 7) is 9.14. The van der Waals surface area contributed by atoms with E-state index < -0.39 is 21.7 Å². The summed E-state index contributed by atoms with van der Waals surface area (Å²) in [5.41, 5.74) is 10.1. The first-order valence-corrected chi connectivity index (χ1v) is 34.6. The summed E-state index contributed by atoms with van der Waals surface area (Å²) in [7, 11) is -7.62. The quantitative estimate of drug-likeness (QED) is 0.0981. The van der Waals surface area contributed by atoms with Gasteiger partial charge in [-0.1, -0.05) is 165 Å². The van der Waals surface area contributed by atoms with E-state index >= 15 is 9.13 Å². The van der Waals surface area contributed by atoms with E-state index in [1.54, 1.807) is 34.9 Å². The summed E-state index contributed by atoms with van der Waals surface area (Å²) in [5.74, 6) is 0. The molecule has 11 heteroatoms. The van der Waals surface area contributed by atoms with Gasteiger partial charge in [0.05, 0.1) is 9.40 Å². The average Bonchev–Trinajstić information content (AvgIpc) is 3.89. The fourth-order valence-electron chi connectivity index (χ4n) is 11.7. The monoisotopic (exact) mass is 1330 g/mol. The molecule has 3 nitrogen and oxygen atoms in total. The molecule has 2 aliphatic carbocycles. The van der Waals surface area contributed by atoms with Crippen molar-refractivity contribution in [2.45, 2.75) is 58.1 Å². The van der Waals surface area contributed by atoms with Crippen LogP contribution in [0, 0.1) is 7.14 Å². The molecule has 0 bridgehead atoms. The number of fused-ring (bicyclic) bond motifs is 12. The summed E-state index contributed by atoms with van der Waals surface area (Å²) >= 11 is 9.89. The SMILES string of the molecule is CC1(C)c2cc(I)ccc2-c2ccc(I)cc21.CC1(C)c2cc(P3(=O)c4ccccc4Sc4ccccc43)ccc2-c2ccc(P3(=O)c4ccccc4Sc4ccccc43)cc21.O=[p+]1c2ccccc2sc2ccccc21. The molecule has 15 rings (SSSR count). The third-order valence-electron chi connectivity index (χ3n) is 15.6. The van der Waals surface area contributed by atoms with Gasteiger partial charge in [-0.15, -0.1) is 11.3 Å². The molecule has 0 atom stereocenters. The minimum atomic E-state index is -3.11. The van der Waals surface area contributed by atoms with Crippen molar-refractivity contribution >= 4 is 153 Å². The van der Waals surface area contributed by atoms with Crippen molar-refractivity contribution in [3.63, 3.8) is 0 Å². The van der Waals surface area contributed by atoms with Crippen LogP contribution in [0.2, 0.25) is 0 Å². The van der Waals surface area contributed by atoms with E-state index in [9.17, 15) is 4.57 Å². The van der Waals surface area contributed by atoms with Crippen LogP contribution < -0.4 is 31.8 Å². The molecule has 376 valence electrons. The fourth-order valence-corrected chi connectivity index (χ4v) is 25.0. The predicted molar refractivity (Wildman–Crippen MR) is 347 cm³/mol. The van der Waals surface area contributed by atoms with E-state index in [0.29, 0.717) is 0 Å². The summed E-state index contributed by atoms with van der Waals surface area (Å²) in [4.78, 5) is 4.23. The molecule has 11 aromatic rings. The minimum Gasteiger partial charge on any atom is -0.309 e. The molecule has 0 saturated carbocycles. The first-order valence-electron chi connectivity index (χ1n) is 25.4. The van der Waals surface area contributed by atoms with Gasteiger partial charge in [0, 0.05) is 69.4 Å². The predicted octanol–water partition coefficient (Wildman–Crippen LogP) is 18.2. The standard InChI is InChI=1S/C39H28O2P2S2.C15H12I2.C12H8OPS/c1-39(2)29-23-25(42(40)31-11-3-7-15-35(31)44-36-16-8-4-12-32(36)42)19-21-27(29)28-22-20-26(24-30(28)39)43(41)33-13-5-9-17-37(33)45-38-18-10-6-14-34(38)43;1-15(2)13-7-9(16)3-5-11(13)12-6-4-10(17)8-14(12)15;13-14-9-5-1-3-7-11(9)15-12-8-4-2-6-10(12)14/h3-24H,1-2H3;3-8H,1-2H3;1-8H/q;;+1. The molecular weight excluding hydrogens is 1280 g/mol. The van der Waals surface area contributed by atoms with Crippen molar-refractivity contribution < 1.29 is 13.7 Å². The van der Waals surface area contributed by atoms with Crippen molar-refractivity contribution in [1.29, 1.82) is 0 Å². The zero-order valence-corrected chi connectivity index (χ0v) is 51.8. The van der Waals surface area contributed by atoms with Crippen LogP contribution in [-0.4, -0.2) is 0 Å². The van der Waals surface area contributed by atoms with Crippen LogP contribution in [0.4, 0.5) is 0 Å². The van der Waals surface area contributed by atoms with E-state index in [-0.39, 0.29) is 10.8 Å². The molecule has 4 aliphatic rings. The molecule has 10 aromatic carbocycles. The molecular formula is C66H48I2O3P3S3+. The van der Waals surface area contributed by atoms with E-state index in [1.807, 2.05) is 121 Å². The highest BCUT2D eigenvalue weighted by molar-refractivity contribution is 14.1. The van der Waals surface area contributed by atoms with E-state index in [0.717, 1.165) is 93.3 Å². The number of rotatable bonds is 2. The highest BCUT2D eigenvalue weighted by Gasteiger charge is 2.44. The molecule has 0 amide bonds. The highest BCUT2D eigenvalue weighted by atomic mass is 127. The van der Waals surface area contributed by atoms with Gasteiger partial charge in [-0.25, -0.2) is 0 Å². The third-order valence-corrected chi connectivity index (χ3v) is 29.3. The van der Waals surface area contributed by atoms with Gasteiger partial charge in [0.25, 0.3) is 0 Å². The van der Waals surface area contributed by atoms with Crippen LogP contribution in [0.5, 0.6) is 0 Å². The second kappa shape index (κ2) is 19.7. The van der Waals surface area contributed by atoms with E-state index in [4.69, 9.17) is 0 Å². The Morgan fingerprint density at radius 2 is 0.675 bits per heavy atom. The molecule has 3 heterocycles. The zero-order chi connectivity index (χ0) is 53.0. The van der Waals surface area contributed by atoms with E-state index in [2.05, 4.69) is 170 Å². The Hall–Kier alpha value is -4.86. The molecule has 0 unspecified atom stereocenters. The molecule has 0 radical (unpaired) electrons. The minimum absolute atomic E-state index is 0.132. The number of halogens is 2.